The van der Waals surface area contributed by atoms with E-state index in [1.165, 1.54) is 96.3 Å². The topological polar surface area (TPSA) is 26.0 Å². The quantitative estimate of drug-likeness (QED) is 0.244. The van der Waals surface area contributed by atoms with Crippen LogP contribution in [0.4, 0.5) is 0 Å². The van der Waals surface area contributed by atoms with Gasteiger partial charge in [0.05, 0.1) is 6.20 Å². The molecule has 2 heteroatoms. The van der Waals surface area contributed by atoms with Gasteiger partial charge >= 0.3 is 0 Å². The normalized spacial score (nSPS) is 12.0. The molecule has 0 saturated carbocycles. The zero-order valence-electron chi connectivity index (χ0n) is 18.0. The lowest BCUT2D eigenvalue weighted by molar-refractivity contribution is 0.283. The third-order valence-electron chi connectivity index (χ3n) is 6.32. The Labute approximate surface area is 163 Å². The summed E-state index contributed by atoms with van der Waals surface area (Å²) in [6, 6.07) is 0. The summed E-state index contributed by atoms with van der Waals surface area (Å²) < 4.78 is 5.64. The number of oxazole rings is 1. The van der Waals surface area contributed by atoms with Crippen LogP contribution in [-0.4, -0.2) is 4.98 Å². The molecule has 152 valence electrons. The summed E-state index contributed by atoms with van der Waals surface area (Å²) in [6.07, 6.45) is 27.0. The fourth-order valence-corrected chi connectivity index (χ4v) is 4.21. The van der Waals surface area contributed by atoms with Crippen molar-refractivity contribution in [2.75, 3.05) is 0 Å². The second-order valence-electron chi connectivity index (χ2n) is 8.20. The number of aromatic nitrogens is 1. The van der Waals surface area contributed by atoms with E-state index in [9.17, 15) is 0 Å². The first-order valence-electron chi connectivity index (χ1n) is 11.7. The van der Waals surface area contributed by atoms with E-state index in [1.54, 1.807) is 6.39 Å². The molecular weight excluding hydrogens is 318 g/mol. The highest BCUT2D eigenvalue weighted by molar-refractivity contribution is 5.09. The van der Waals surface area contributed by atoms with Gasteiger partial charge in [-0.3, -0.25) is 0 Å². The van der Waals surface area contributed by atoms with Crippen molar-refractivity contribution < 1.29 is 4.42 Å². The maximum Gasteiger partial charge on any atom is 0.180 e. The molecule has 0 bridgehead atoms. The van der Waals surface area contributed by atoms with Crippen LogP contribution >= 0.6 is 0 Å². The fraction of sp³-hybridized carbons (Fsp3) is 0.875. The minimum absolute atomic E-state index is 0.216. The number of rotatable bonds is 18. The molecule has 0 aromatic carbocycles. The molecule has 1 heterocycles. The van der Waals surface area contributed by atoms with Gasteiger partial charge in [0.25, 0.3) is 0 Å². The molecular formula is C24H45NO. The van der Waals surface area contributed by atoms with Gasteiger partial charge in [-0.2, -0.15) is 0 Å². The molecule has 0 aliphatic rings. The summed E-state index contributed by atoms with van der Waals surface area (Å²) in [7, 11) is 0. The van der Waals surface area contributed by atoms with Crippen LogP contribution < -0.4 is 0 Å². The lowest BCUT2D eigenvalue weighted by Crippen LogP contribution is -2.23. The summed E-state index contributed by atoms with van der Waals surface area (Å²) in [6.45, 7) is 6.87. The van der Waals surface area contributed by atoms with E-state index in [0.29, 0.717) is 0 Å². The minimum Gasteiger partial charge on any atom is -0.448 e. The van der Waals surface area contributed by atoms with Crippen molar-refractivity contribution >= 4 is 0 Å². The molecule has 0 aliphatic heterocycles. The summed E-state index contributed by atoms with van der Waals surface area (Å²) in [5.74, 6) is 1.09. The average Bonchev–Trinajstić information content (AvgIpc) is 3.21. The Balaban J connectivity index is 1.96. The summed E-state index contributed by atoms with van der Waals surface area (Å²) in [5.41, 5.74) is 0.216. The Bertz CT molecular complexity index is 394. The largest absolute Gasteiger partial charge is 0.448 e. The van der Waals surface area contributed by atoms with Crippen LogP contribution in [0.2, 0.25) is 0 Å². The Kier molecular flexibility index (Phi) is 13.7. The van der Waals surface area contributed by atoms with Gasteiger partial charge in [-0.1, -0.05) is 111 Å². The lowest BCUT2D eigenvalue weighted by Gasteiger charge is -2.29. The van der Waals surface area contributed by atoms with Gasteiger partial charge in [-0.05, 0) is 19.3 Å². The molecule has 0 aliphatic carbocycles. The SMILES string of the molecule is CCCCCCCCCCCCCCCCC(CC)(CC)c1cnco1. The van der Waals surface area contributed by atoms with E-state index >= 15 is 0 Å². The Hall–Kier alpha value is -0.790. The molecule has 26 heavy (non-hydrogen) atoms. The van der Waals surface area contributed by atoms with E-state index in [1.807, 2.05) is 6.20 Å². The molecule has 1 rings (SSSR count). The van der Waals surface area contributed by atoms with E-state index in [0.717, 1.165) is 18.6 Å². The van der Waals surface area contributed by atoms with Crippen molar-refractivity contribution in [2.45, 2.75) is 135 Å². The van der Waals surface area contributed by atoms with E-state index in [4.69, 9.17) is 4.42 Å². The van der Waals surface area contributed by atoms with Gasteiger partial charge in [0.2, 0.25) is 0 Å². The first kappa shape index (κ1) is 23.2. The minimum atomic E-state index is 0.216. The first-order valence-corrected chi connectivity index (χ1v) is 11.7. The van der Waals surface area contributed by atoms with Crippen LogP contribution in [0, 0.1) is 0 Å². The average molecular weight is 364 g/mol. The smallest absolute Gasteiger partial charge is 0.180 e. The molecule has 1 aromatic heterocycles. The highest BCUT2D eigenvalue weighted by atomic mass is 16.3. The molecule has 0 N–H and O–H groups in total. The highest BCUT2D eigenvalue weighted by Crippen LogP contribution is 2.36. The predicted octanol–water partition coefficient (Wildman–Crippen LogP) is 8.60. The molecule has 0 amide bonds. The molecule has 0 atom stereocenters. The third kappa shape index (κ3) is 9.24. The number of hydrogen-bond donors (Lipinski definition) is 0. The molecule has 0 spiro atoms. The summed E-state index contributed by atoms with van der Waals surface area (Å²) >= 11 is 0. The summed E-state index contributed by atoms with van der Waals surface area (Å²) in [4.78, 5) is 4.14. The molecule has 0 fully saturated rings. The van der Waals surface area contributed by atoms with Crippen molar-refractivity contribution in [3.63, 3.8) is 0 Å². The summed E-state index contributed by atoms with van der Waals surface area (Å²) in [5, 5.41) is 0. The van der Waals surface area contributed by atoms with Gasteiger partial charge in [0.15, 0.2) is 6.39 Å². The van der Waals surface area contributed by atoms with Crippen molar-refractivity contribution in [1.29, 1.82) is 0 Å². The van der Waals surface area contributed by atoms with Crippen LogP contribution in [0.15, 0.2) is 17.0 Å². The third-order valence-corrected chi connectivity index (χ3v) is 6.32. The van der Waals surface area contributed by atoms with E-state index in [2.05, 4.69) is 25.8 Å². The molecule has 0 radical (unpaired) electrons. The van der Waals surface area contributed by atoms with Crippen LogP contribution in [0.5, 0.6) is 0 Å². The lowest BCUT2D eigenvalue weighted by atomic mass is 9.76. The van der Waals surface area contributed by atoms with Crippen molar-refractivity contribution in [3.05, 3.63) is 18.4 Å². The van der Waals surface area contributed by atoms with Crippen LogP contribution in [-0.2, 0) is 5.41 Å². The zero-order chi connectivity index (χ0) is 18.9. The van der Waals surface area contributed by atoms with Crippen LogP contribution in [0.25, 0.3) is 0 Å². The standard InChI is InChI=1S/C24H45NO/c1-4-7-8-9-10-11-12-13-14-15-16-17-18-19-20-24(5-2,6-3)23-21-25-22-26-23/h21-22H,4-20H2,1-3H3. The van der Waals surface area contributed by atoms with E-state index in [-0.39, 0.29) is 5.41 Å². The monoisotopic (exact) mass is 363 g/mol. The molecule has 1 aromatic rings. The highest BCUT2D eigenvalue weighted by Gasteiger charge is 2.30. The predicted molar refractivity (Wildman–Crippen MR) is 114 cm³/mol. The van der Waals surface area contributed by atoms with Crippen molar-refractivity contribution in [3.8, 4) is 0 Å². The van der Waals surface area contributed by atoms with Crippen LogP contribution in [0.1, 0.15) is 136 Å². The van der Waals surface area contributed by atoms with Gasteiger partial charge < -0.3 is 4.42 Å². The fourth-order valence-electron chi connectivity index (χ4n) is 4.21. The maximum absolute atomic E-state index is 5.64. The molecule has 2 nitrogen and oxygen atoms in total. The van der Waals surface area contributed by atoms with Crippen molar-refractivity contribution in [1.82, 2.24) is 4.98 Å². The molecule has 0 saturated heterocycles. The first-order chi connectivity index (χ1) is 12.8. The van der Waals surface area contributed by atoms with Crippen molar-refractivity contribution in [2.24, 2.45) is 0 Å². The van der Waals surface area contributed by atoms with Gasteiger partial charge in [-0.25, -0.2) is 4.98 Å². The second-order valence-corrected chi connectivity index (χ2v) is 8.20. The Morgan fingerprint density at radius 3 is 1.54 bits per heavy atom. The van der Waals surface area contributed by atoms with Gasteiger partial charge in [0, 0.05) is 5.41 Å². The van der Waals surface area contributed by atoms with Crippen LogP contribution in [0.3, 0.4) is 0 Å². The Morgan fingerprint density at radius 1 is 0.692 bits per heavy atom. The number of hydrogen-bond acceptors (Lipinski definition) is 2. The molecule has 0 unspecified atom stereocenters. The van der Waals surface area contributed by atoms with Gasteiger partial charge in [0.1, 0.15) is 5.76 Å². The Morgan fingerprint density at radius 2 is 1.15 bits per heavy atom. The van der Waals surface area contributed by atoms with Gasteiger partial charge in [-0.15, -0.1) is 0 Å². The number of unbranched alkanes of at least 4 members (excludes halogenated alkanes) is 13. The maximum atomic E-state index is 5.64. The number of nitrogens with zero attached hydrogens (tertiary/aromatic N) is 1. The second kappa shape index (κ2) is 15.3. The van der Waals surface area contributed by atoms with E-state index < -0.39 is 0 Å². The zero-order valence-corrected chi connectivity index (χ0v) is 18.0.